The van der Waals surface area contributed by atoms with Gasteiger partial charge < -0.3 is 0 Å². The van der Waals surface area contributed by atoms with E-state index in [9.17, 15) is 13.2 Å². The standard InChI is InChI=1S/C19H17ClN2O4S2/c1-19(2,3)17(23)16(18-21-14-11-12(20)9-10-15(14)27-18)22-26-28(24,25)13-7-5-4-6-8-13/h4-11H,1-3H3/b22-16+. The van der Waals surface area contributed by atoms with Crippen molar-refractivity contribution in [2.24, 2.45) is 10.6 Å². The maximum absolute atomic E-state index is 12.9. The van der Waals surface area contributed by atoms with Crippen LogP contribution >= 0.6 is 22.9 Å². The van der Waals surface area contributed by atoms with E-state index in [1.165, 1.54) is 23.5 Å². The molecule has 3 aromatic rings. The number of carbonyl (C=O) groups is 1. The van der Waals surface area contributed by atoms with Crippen LogP contribution in [0.3, 0.4) is 0 Å². The molecule has 2 aromatic carbocycles. The highest BCUT2D eigenvalue weighted by atomic mass is 35.5. The van der Waals surface area contributed by atoms with Gasteiger partial charge in [0.05, 0.1) is 10.2 Å². The van der Waals surface area contributed by atoms with Gasteiger partial charge in [0.2, 0.25) is 0 Å². The van der Waals surface area contributed by atoms with E-state index in [1.807, 2.05) is 0 Å². The number of hydrogen-bond donors (Lipinski definition) is 0. The van der Waals surface area contributed by atoms with Crippen LogP contribution in [0.25, 0.3) is 10.2 Å². The summed E-state index contributed by atoms with van der Waals surface area (Å²) in [6.07, 6.45) is 0. The molecule has 0 aliphatic heterocycles. The maximum atomic E-state index is 12.9. The summed E-state index contributed by atoms with van der Waals surface area (Å²) in [7, 11) is -4.16. The Bertz CT molecular complexity index is 1160. The SMILES string of the molecule is CC(C)(C)C(=O)/C(=N\OS(=O)(=O)c1ccccc1)c1nc2cc(Cl)ccc2s1. The number of nitrogens with zero attached hydrogens (tertiary/aromatic N) is 2. The lowest BCUT2D eigenvalue weighted by Crippen LogP contribution is -2.29. The van der Waals surface area contributed by atoms with E-state index in [0.29, 0.717) is 10.5 Å². The number of benzene rings is 2. The zero-order chi connectivity index (χ0) is 20.5. The third kappa shape index (κ3) is 4.40. The number of fused-ring (bicyclic) bond motifs is 1. The Kier molecular flexibility index (Phi) is 5.56. The number of aromatic nitrogens is 1. The monoisotopic (exact) mass is 436 g/mol. The van der Waals surface area contributed by atoms with Gasteiger partial charge in [-0.3, -0.25) is 9.08 Å². The highest BCUT2D eigenvalue weighted by molar-refractivity contribution is 7.86. The number of halogens is 1. The second kappa shape index (κ2) is 7.62. The van der Waals surface area contributed by atoms with E-state index < -0.39 is 15.5 Å². The fraction of sp³-hybridized carbons (Fsp3) is 0.211. The molecule has 0 aliphatic rings. The first-order valence-electron chi connectivity index (χ1n) is 8.26. The normalized spacial score (nSPS) is 12.9. The molecular weight excluding hydrogens is 420 g/mol. The van der Waals surface area contributed by atoms with Crippen molar-refractivity contribution in [3.05, 3.63) is 58.6 Å². The zero-order valence-corrected chi connectivity index (χ0v) is 17.7. The van der Waals surface area contributed by atoms with Crippen LogP contribution in [0.15, 0.2) is 58.6 Å². The van der Waals surface area contributed by atoms with E-state index in [4.69, 9.17) is 15.9 Å². The smallest absolute Gasteiger partial charge is 0.292 e. The number of oxime groups is 1. The molecule has 0 aliphatic carbocycles. The van der Waals surface area contributed by atoms with Gasteiger partial charge in [-0.2, -0.15) is 8.42 Å². The molecule has 0 N–H and O–H groups in total. The number of carbonyl (C=O) groups excluding carboxylic acids is 1. The van der Waals surface area contributed by atoms with Crippen molar-refractivity contribution in [2.75, 3.05) is 0 Å². The van der Waals surface area contributed by atoms with Crippen LogP contribution in [0.4, 0.5) is 0 Å². The second-order valence-electron chi connectivity index (χ2n) is 6.99. The fourth-order valence-electron chi connectivity index (χ4n) is 2.25. The molecule has 146 valence electrons. The van der Waals surface area contributed by atoms with Crippen LogP contribution in [0.2, 0.25) is 5.02 Å². The largest absolute Gasteiger partial charge is 0.358 e. The summed E-state index contributed by atoms with van der Waals surface area (Å²) in [5.74, 6) is -0.388. The van der Waals surface area contributed by atoms with Gasteiger partial charge in [-0.25, -0.2) is 4.98 Å². The Balaban J connectivity index is 2.06. The van der Waals surface area contributed by atoms with Crippen molar-refractivity contribution >= 4 is 54.8 Å². The minimum absolute atomic E-state index is 0.0580. The van der Waals surface area contributed by atoms with E-state index in [0.717, 1.165) is 4.70 Å². The number of thiazole rings is 1. The highest BCUT2D eigenvalue weighted by Gasteiger charge is 2.31. The third-order valence-corrected chi connectivity index (χ3v) is 6.11. The summed E-state index contributed by atoms with van der Waals surface area (Å²) in [6.45, 7) is 5.13. The first kappa shape index (κ1) is 20.4. The lowest BCUT2D eigenvalue weighted by Gasteiger charge is -2.16. The summed E-state index contributed by atoms with van der Waals surface area (Å²) >= 11 is 7.20. The summed E-state index contributed by atoms with van der Waals surface area (Å²) < 4.78 is 30.4. The van der Waals surface area contributed by atoms with Crippen molar-refractivity contribution in [1.29, 1.82) is 0 Å². The van der Waals surface area contributed by atoms with Gasteiger partial charge in [-0.05, 0) is 30.3 Å². The van der Waals surface area contributed by atoms with E-state index in [2.05, 4.69) is 10.1 Å². The lowest BCUT2D eigenvalue weighted by molar-refractivity contribution is -0.119. The molecule has 0 bridgehead atoms. The van der Waals surface area contributed by atoms with Crippen LogP contribution in [0.1, 0.15) is 25.8 Å². The van der Waals surface area contributed by atoms with Crippen LogP contribution in [-0.2, 0) is 19.2 Å². The molecule has 0 fully saturated rings. The van der Waals surface area contributed by atoms with Gasteiger partial charge in [0.1, 0.15) is 9.90 Å². The van der Waals surface area contributed by atoms with E-state index >= 15 is 0 Å². The molecule has 0 atom stereocenters. The Morgan fingerprint density at radius 2 is 1.82 bits per heavy atom. The molecule has 9 heteroatoms. The fourth-order valence-corrected chi connectivity index (χ4v) is 4.09. The molecule has 1 heterocycles. The highest BCUT2D eigenvalue weighted by Crippen LogP contribution is 2.28. The summed E-state index contributed by atoms with van der Waals surface area (Å²) in [5.41, 5.74) is -0.369. The predicted octanol–water partition coefficient (Wildman–Crippen LogP) is 4.67. The van der Waals surface area contributed by atoms with Crippen molar-refractivity contribution in [2.45, 2.75) is 25.7 Å². The Labute approximate surface area is 171 Å². The van der Waals surface area contributed by atoms with Crippen LogP contribution < -0.4 is 0 Å². The van der Waals surface area contributed by atoms with Gasteiger partial charge in [0.25, 0.3) is 0 Å². The van der Waals surface area contributed by atoms with Crippen molar-refractivity contribution in [3.8, 4) is 0 Å². The average molecular weight is 437 g/mol. The zero-order valence-electron chi connectivity index (χ0n) is 15.3. The van der Waals surface area contributed by atoms with Crippen molar-refractivity contribution < 1.29 is 17.5 Å². The second-order valence-corrected chi connectivity index (χ2v) is 9.99. The van der Waals surface area contributed by atoms with E-state index in [1.54, 1.807) is 57.2 Å². The van der Waals surface area contributed by atoms with Gasteiger partial charge in [0.15, 0.2) is 11.5 Å². The van der Waals surface area contributed by atoms with Crippen LogP contribution in [0.5, 0.6) is 0 Å². The molecular formula is C19H17ClN2O4S2. The van der Waals surface area contributed by atoms with Gasteiger partial charge in [0, 0.05) is 10.4 Å². The summed E-state index contributed by atoms with van der Waals surface area (Å²) in [5, 5.41) is 4.49. The molecule has 0 spiro atoms. The molecule has 0 unspecified atom stereocenters. The molecule has 0 saturated heterocycles. The lowest BCUT2D eigenvalue weighted by atomic mass is 9.88. The van der Waals surface area contributed by atoms with E-state index in [-0.39, 0.29) is 21.4 Å². The molecule has 3 rings (SSSR count). The van der Waals surface area contributed by atoms with Gasteiger partial charge in [-0.1, -0.05) is 55.7 Å². The molecule has 0 radical (unpaired) electrons. The Hall–Kier alpha value is -2.29. The first-order chi connectivity index (χ1) is 13.1. The summed E-state index contributed by atoms with van der Waals surface area (Å²) in [4.78, 5) is 17.2. The van der Waals surface area contributed by atoms with Gasteiger partial charge in [-0.15, -0.1) is 11.3 Å². The van der Waals surface area contributed by atoms with Crippen molar-refractivity contribution in [1.82, 2.24) is 4.98 Å². The predicted molar refractivity (Wildman–Crippen MR) is 110 cm³/mol. The minimum Gasteiger partial charge on any atom is -0.292 e. The third-order valence-electron chi connectivity index (χ3n) is 3.71. The Morgan fingerprint density at radius 3 is 2.46 bits per heavy atom. The van der Waals surface area contributed by atoms with Crippen LogP contribution in [0, 0.1) is 5.41 Å². The molecule has 1 aromatic heterocycles. The Morgan fingerprint density at radius 1 is 1.14 bits per heavy atom. The topological polar surface area (TPSA) is 85.7 Å². The minimum atomic E-state index is -4.16. The molecule has 0 saturated carbocycles. The average Bonchev–Trinajstić information content (AvgIpc) is 3.04. The quantitative estimate of drug-likeness (QED) is 0.428. The number of hydrogen-bond acceptors (Lipinski definition) is 7. The number of ketones is 1. The number of Topliss-reactive ketones (excluding diaryl/α,β-unsaturated/α-hetero) is 1. The molecule has 6 nitrogen and oxygen atoms in total. The molecule has 0 amide bonds. The maximum Gasteiger partial charge on any atom is 0.358 e. The first-order valence-corrected chi connectivity index (χ1v) is 10.9. The summed E-state index contributed by atoms with van der Waals surface area (Å²) in [6, 6.07) is 12.7. The van der Waals surface area contributed by atoms with Gasteiger partial charge >= 0.3 is 10.1 Å². The van der Waals surface area contributed by atoms with Crippen LogP contribution in [-0.4, -0.2) is 24.9 Å². The molecule has 28 heavy (non-hydrogen) atoms. The van der Waals surface area contributed by atoms with Crippen molar-refractivity contribution in [3.63, 3.8) is 0 Å². The number of rotatable bonds is 5.